The molecule has 0 aliphatic heterocycles. The molecule has 2 aromatic rings. The first-order chi connectivity index (χ1) is 8.61. The number of benzene rings is 1. The number of anilines is 1. The molecule has 0 N–H and O–H groups in total. The molecule has 1 aromatic carbocycles. The largest absolute Gasteiger partial charge is 0.342 e. The lowest BCUT2D eigenvalue weighted by atomic mass is 10.2. The van der Waals surface area contributed by atoms with Crippen molar-refractivity contribution in [1.82, 2.24) is 20.4 Å². The molecule has 5 nitrogen and oxygen atoms in total. The second kappa shape index (κ2) is 5.46. The lowest BCUT2D eigenvalue weighted by Crippen LogP contribution is -2.20. The fourth-order valence-corrected chi connectivity index (χ4v) is 1.57. The smallest absolute Gasteiger partial charge is 0.264 e. The second-order valence-electron chi connectivity index (χ2n) is 3.67. The molecule has 7 heteroatoms. The Morgan fingerprint density at radius 1 is 1.06 bits per heavy atom. The third-order valence-electron chi connectivity index (χ3n) is 2.46. The van der Waals surface area contributed by atoms with Gasteiger partial charge in [0.15, 0.2) is 0 Å². The van der Waals surface area contributed by atoms with Crippen LogP contribution in [0, 0.1) is 0 Å². The normalized spacial score (nSPS) is 10.4. The summed E-state index contributed by atoms with van der Waals surface area (Å²) in [5.41, 5.74) is 0.732. The van der Waals surface area contributed by atoms with Crippen LogP contribution in [0.25, 0.3) is 11.4 Å². The van der Waals surface area contributed by atoms with Crippen LogP contribution >= 0.6 is 23.2 Å². The molecule has 0 spiro atoms. The first-order valence-electron chi connectivity index (χ1n) is 5.35. The zero-order chi connectivity index (χ0) is 13.1. The van der Waals surface area contributed by atoms with E-state index in [0.717, 1.165) is 12.1 Å². The molecule has 0 radical (unpaired) electrons. The summed E-state index contributed by atoms with van der Waals surface area (Å²) in [5.74, 6) is 0.906. The summed E-state index contributed by atoms with van der Waals surface area (Å²) in [6, 6.07) is 5.15. The Morgan fingerprint density at radius 3 is 2.28 bits per heavy atom. The Morgan fingerprint density at radius 2 is 1.72 bits per heavy atom. The van der Waals surface area contributed by atoms with Gasteiger partial charge in [-0.15, -0.1) is 20.4 Å². The van der Waals surface area contributed by atoms with Gasteiger partial charge < -0.3 is 4.90 Å². The third-order valence-corrected chi connectivity index (χ3v) is 3.20. The van der Waals surface area contributed by atoms with Crippen LogP contribution in [0.4, 0.5) is 5.95 Å². The van der Waals surface area contributed by atoms with Crippen LogP contribution in [0.2, 0.25) is 10.0 Å². The molecule has 0 unspecified atom stereocenters. The van der Waals surface area contributed by atoms with E-state index >= 15 is 0 Å². The maximum atomic E-state index is 5.93. The van der Waals surface area contributed by atoms with Crippen LogP contribution in [0.3, 0.4) is 0 Å². The Balaban J connectivity index is 2.31. The number of hydrogen-bond donors (Lipinski definition) is 0. The maximum Gasteiger partial charge on any atom is 0.264 e. The van der Waals surface area contributed by atoms with Crippen LogP contribution in [0.1, 0.15) is 6.92 Å². The molecule has 0 amide bonds. The highest BCUT2D eigenvalue weighted by Crippen LogP contribution is 2.26. The average molecular weight is 284 g/mol. The summed E-state index contributed by atoms with van der Waals surface area (Å²) in [4.78, 5) is 1.85. The Labute approximate surface area is 115 Å². The number of rotatable bonds is 3. The van der Waals surface area contributed by atoms with Gasteiger partial charge in [-0.1, -0.05) is 23.2 Å². The van der Waals surface area contributed by atoms with Crippen molar-refractivity contribution in [2.75, 3.05) is 18.5 Å². The zero-order valence-corrected chi connectivity index (χ0v) is 11.4. The topological polar surface area (TPSA) is 54.8 Å². The predicted octanol–water partition coefficient (Wildman–Crippen LogP) is 2.70. The van der Waals surface area contributed by atoms with Crippen molar-refractivity contribution < 1.29 is 0 Å². The van der Waals surface area contributed by atoms with E-state index in [2.05, 4.69) is 20.4 Å². The number of nitrogens with zero attached hydrogens (tertiary/aromatic N) is 5. The molecule has 0 saturated carbocycles. The first-order valence-corrected chi connectivity index (χ1v) is 6.11. The Kier molecular flexibility index (Phi) is 3.93. The maximum absolute atomic E-state index is 5.93. The highest BCUT2D eigenvalue weighted by atomic mass is 35.5. The van der Waals surface area contributed by atoms with Crippen LogP contribution in [0.15, 0.2) is 18.2 Å². The van der Waals surface area contributed by atoms with Crippen LogP contribution in [-0.2, 0) is 0 Å². The summed E-state index contributed by atoms with van der Waals surface area (Å²) in [7, 11) is 1.87. The molecule has 0 aliphatic rings. The van der Waals surface area contributed by atoms with E-state index in [0.29, 0.717) is 21.8 Å². The van der Waals surface area contributed by atoms with Gasteiger partial charge >= 0.3 is 0 Å². The Bertz CT molecular complexity index is 544. The van der Waals surface area contributed by atoms with Crippen molar-refractivity contribution in [3.63, 3.8) is 0 Å². The van der Waals surface area contributed by atoms with Gasteiger partial charge in [0.05, 0.1) is 10.0 Å². The second-order valence-corrected chi connectivity index (χ2v) is 4.48. The zero-order valence-electron chi connectivity index (χ0n) is 9.93. The van der Waals surface area contributed by atoms with Gasteiger partial charge in [-0.05, 0) is 25.1 Å². The fourth-order valence-electron chi connectivity index (χ4n) is 1.27. The minimum Gasteiger partial charge on any atom is -0.342 e. The monoisotopic (exact) mass is 283 g/mol. The van der Waals surface area contributed by atoms with Crippen LogP contribution in [0.5, 0.6) is 0 Å². The van der Waals surface area contributed by atoms with Gasteiger partial charge in [0.25, 0.3) is 5.95 Å². The molecular formula is C11H11Cl2N5. The Hall–Kier alpha value is -1.46. The summed E-state index contributed by atoms with van der Waals surface area (Å²) >= 11 is 11.8. The highest BCUT2D eigenvalue weighted by molar-refractivity contribution is 6.42. The number of halogens is 2. The summed E-state index contributed by atoms with van der Waals surface area (Å²) in [5, 5.41) is 17.0. The first kappa shape index (κ1) is 13.0. The van der Waals surface area contributed by atoms with E-state index in [1.807, 2.05) is 18.9 Å². The van der Waals surface area contributed by atoms with Gasteiger partial charge in [-0.3, -0.25) is 0 Å². The lowest BCUT2D eigenvalue weighted by molar-refractivity contribution is 0.799. The molecule has 1 aromatic heterocycles. The minimum atomic E-state index is 0.418. The molecule has 0 bridgehead atoms. The molecule has 2 rings (SSSR count). The van der Waals surface area contributed by atoms with E-state index in [9.17, 15) is 0 Å². The van der Waals surface area contributed by atoms with E-state index < -0.39 is 0 Å². The highest BCUT2D eigenvalue weighted by Gasteiger charge is 2.08. The van der Waals surface area contributed by atoms with Crippen molar-refractivity contribution in [3.05, 3.63) is 28.2 Å². The van der Waals surface area contributed by atoms with Gasteiger partial charge in [0, 0.05) is 19.2 Å². The minimum absolute atomic E-state index is 0.418. The van der Waals surface area contributed by atoms with Crippen LogP contribution in [-0.4, -0.2) is 34.0 Å². The van der Waals surface area contributed by atoms with E-state index in [1.54, 1.807) is 18.2 Å². The third kappa shape index (κ3) is 2.68. The molecule has 94 valence electrons. The van der Waals surface area contributed by atoms with Crippen molar-refractivity contribution >= 4 is 29.2 Å². The molecule has 18 heavy (non-hydrogen) atoms. The summed E-state index contributed by atoms with van der Waals surface area (Å²) < 4.78 is 0. The van der Waals surface area contributed by atoms with Crippen molar-refractivity contribution in [2.24, 2.45) is 0 Å². The molecule has 0 saturated heterocycles. The molecule has 1 heterocycles. The molecular weight excluding hydrogens is 273 g/mol. The molecule has 0 atom stereocenters. The van der Waals surface area contributed by atoms with E-state index in [1.165, 1.54) is 0 Å². The fraction of sp³-hybridized carbons (Fsp3) is 0.273. The van der Waals surface area contributed by atoms with Gasteiger partial charge in [-0.25, -0.2) is 0 Å². The van der Waals surface area contributed by atoms with Gasteiger partial charge in [-0.2, -0.15) is 0 Å². The number of hydrogen-bond acceptors (Lipinski definition) is 5. The van der Waals surface area contributed by atoms with E-state index in [4.69, 9.17) is 23.2 Å². The average Bonchev–Trinajstić information content (AvgIpc) is 2.41. The van der Waals surface area contributed by atoms with Gasteiger partial charge in [0.2, 0.25) is 5.82 Å². The predicted molar refractivity (Wildman–Crippen MR) is 72.0 cm³/mol. The standard InChI is InChI=1S/C11H11Cl2N5/c1-3-18(2)11-16-14-10(15-17-11)7-4-5-8(12)9(13)6-7/h4-6H,3H2,1-2H3. The van der Waals surface area contributed by atoms with Crippen molar-refractivity contribution in [1.29, 1.82) is 0 Å². The van der Waals surface area contributed by atoms with E-state index in [-0.39, 0.29) is 0 Å². The van der Waals surface area contributed by atoms with Crippen molar-refractivity contribution in [3.8, 4) is 11.4 Å². The quantitative estimate of drug-likeness (QED) is 0.867. The summed E-state index contributed by atoms with van der Waals surface area (Å²) in [6.07, 6.45) is 0. The van der Waals surface area contributed by atoms with Crippen molar-refractivity contribution in [2.45, 2.75) is 6.92 Å². The molecule has 0 fully saturated rings. The summed E-state index contributed by atoms with van der Waals surface area (Å²) in [6.45, 7) is 2.78. The molecule has 0 aliphatic carbocycles. The lowest BCUT2D eigenvalue weighted by Gasteiger charge is -2.12. The van der Waals surface area contributed by atoms with Crippen LogP contribution < -0.4 is 4.90 Å². The SMILES string of the molecule is CCN(C)c1nnc(-c2ccc(Cl)c(Cl)c2)nn1. The van der Waals surface area contributed by atoms with Gasteiger partial charge in [0.1, 0.15) is 0 Å². The number of aromatic nitrogens is 4.